The Morgan fingerprint density at radius 2 is 1.85 bits per heavy atom. The van der Waals surface area contributed by atoms with Gasteiger partial charge in [0.1, 0.15) is 0 Å². The van der Waals surface area contributed by atoms with Crippen molar-refractivity contribution in [1.82, 2.24) is 0 Å². The first-order valence-corrected chi connectivity index (χ1v) is 4.67. The molecule has 1 aliphatic rings. The quantitative estimate of drug-likeness (QED) is 0.793. The molecule has 0 aromatic heterocycles. The average molecular weight is 198 g/mol. The highest BCUT2D eigenvalue weighted by molar-refractivity contribution is 5.85. The summed E-state index contributed by atoms with van der Waals surface area (Å²) in [5.41, 5.74) is 7.32. The molecule has 2 N–H and O–H groups in total. The van der Waals surface area contributed by atoms with E-state index in [2.05, 4.69) is 24.3 Å². The van der Waals surface area contributed by atoms with Crippen LogP contribution in [-0.4, -0.2) is 0 Å². The number of nitrogens with two attached hydrogens (primary N) is 1. The third kappa shape index (κ3) is 3.02. The van der Waals surface area contributed by atoms with E-state index in [4.69, 9.17) is 5.73 Å². The molecule has 0 amide bonds. The fourth-order valence-corrected chi connectivity index (χ4v) is 1.55. The second-order valence-corrected chi connectivity index (χ2v) is 3.70. The highest BCUT2D eigenvalue weighted by atomic mass is 35.5. The Labute approximate surface area is 85.7 Å². The molecule has 2 heteroatoms. The maximum absolute atomic E-state index is 6.04. The van der Waals surface area contributed by atoms with Crippen molar-refractivity contribution in [1.29, 1.82) is 0 Å². The van der Waals surface area contributed by atoms with Gasteiger partial charge >= 0.3 is 0 Å². The molecule has 1 atom stereocenters. The van der Waals surface area contributed by atoms with Crippen LogP contribution < -0.4 is 5.73 Å². The van der Waals surface area contributed by atoms with Crippen LogP contribution >= 0.6 is 12.4 Å². The molecule has 1 nitrogen and oxygen atoms in total. The van der Waals surface area contributed by atoms with Gasteiger partial charge in [0.25, 0.3) is 0 Å². The van der Waals surface area contributed by atoms with Gasteiger partial charge in [0.15, 0.2) is 0 Å². The van der Waals surface area contributed by atoms with Crippen molar-refractivity contribution in [2.45, 2.75) is 25.3 Å². The van der Waals surface area contributed by atoms with Gasteiger partial charge in [-0.25, -0.2) is 0 Å². The Balaban J connectivity index is 0.000000845. The van der Waals surface area contributed by atoms with Crippen LogP contribution in [0, 0.1) is 5.92 Å². The number of hydrogen-bond acceptors (Lipinski definition) is 1. The molecule has 0 saturated heterocycles. The van der Waals surface area contributed by atoms with Gasteiger partial charge in [-0.2, -0.15) is 0 Å². The summed E-state index contributed by atoms with van der Waals surface area (Å²) in [7, 11) is 0. The lowest BCUT2D eigenvalue weighted by atomic mass is 10.0. The van der Waals surface area contributed by atoms with E-state index in [9.17, 15) is 0 Å². The molecule has 0 aliphatic heterocycles. The third-order valence-electron chi connectivity index (χ3n) is 2.51. The predicted molar refractivity (Wildman–Crippen MR) is 58.0 cm³/mol. The summed E-state index contributed by atoms with van der Waals surface area (Å²) in [5, 5.41) is 0. The fraction of sp³-hybridized carbons (Fsp3) is 0.455. The molecule has 2 rings (SSSR count). The van der Waals surface area contributed by atoms with Crippen molar-refractivity contribution in [3.05, 3.63) is 35.9 Å². The highest BCUT2D eigenvalue weighted by Crippen LogP contribution is 2.36. The molecule has 0 heterocycles. The maximum atomic E-state index is 6.04. The number of rotatable bonds is 3. The predicted octanol–water partition coefficient (Wildman–Crippen LogP) is 2.91. The summed E-state index contributed by atoms with van der Waals surface area (Å²) in [6, 6.07) is 10.6. The minimum Gasteiger partial charge on any atom is -0.324 e. The second-order valence-electron chi connectivity index (χ2n) is 3.70. The molecule has 0 bridgehead atoms. The Kier molecular flexibility index (Phi) is 3.76. The van der Waals surface area contributed by atoms with E-state index >= 15 is 0 Å². The lowest BCUT2D eigenvalue weighted by Crippen LogP contribution is -2.10. The Hall–Kier alpha value is -0.530. The number of benzene rings is 1. The summed E-state index contributed by atoms with van der Waals surface area (Å²) < 4.78 is 0. The SMILES string of the molecule is Cl.NC(CC1CC1)c1ccccc1. The van der Waals surface area contributed by atoms with Gasteiger partial charge < -0.3 is 5.73 Å². The first kappa shape index (κ1) is 10.6. The van der Waals surface area contributed by atoms with Crippen LogP contribution in [0.2, 0.25) is 0 Å². The van der Waals surface area contributed by atoms with Crippen molar-refractivity contribution in [3.8, 4) is 0 Å². The first-order chi connectivity index (χ1) is 5.86. The smallest absolute Gasteiger partial charge is 0.0297 e. The molecule has 72 valence electrons. The van der Waals surface area contributed by atoms with Crippen LogP contribution in [0.5, 0.6) is 0 Å². The minimum atomic E-state index is 0. The van der Waals surface area contributed by atoms with Crippen LogP contribution in [0.25, 0.3) is 0 Å². The van der Waals surface area contributed by atoms with E-state index in [1.165, 1.54) is 24.8 Å². The van der Waals surface area contributed by atoms with E-state index in [0.717, 1.165) is 5.92 Å². The molecule has 1 aromatic rings. The van der Waals surface area contributed by atoms with Crippen molar-refractivity contribution < 1.29 is 0 Å². The summed E-state index contributed by atoms with van der Waals surface area (Å²) in [4.78, 5) is 0. The molecular formula is C11H16ClN. The molecule has 0 radical (unpaired) electrons. The summed E-state index contributed by atoms with van der Waals surface area (Å²) in [6.07, 6.45) is 3.95. The van der Waals surface area contributed by atoms with E-state index in [-0.39, 0.29) is 18.4 Å². The fourth-order valence-electron chi connectivity index (χ4n) is 1.55. The topological polar surface area (TPSA) is 26.0 Å². The number of hydrogen-bond donors (Lipinski definition) is 1. The highest BCUT2D eigenvalue weighted by Gasteiger charge is 2.24. The van der Waals surface area contributed by atoms with E-state index in [1.807, 2.05) is 6.07 Å². The lowest BCUT2D eigenvalue weighted by Gasteiger charge is -2.10. The van der Waals surface area contributed by atoms with E-state index in [1.54, 1.807) is 0 Å². The van der Waals surface area contributed by atoms with Crippen molar-refractivity contribution >= 4 is 12.4 Å². The van der Waals surface area contributed by atoms with Gasteiger partial charge in [-0.3, -0.25) is 0 Å². The molecule has 1 unspecified atom stereocenters. The van der Waals surface area contributed by atoms with Gasteiger partial charge in [0.2, 0.25) is 0 Å². The second kappa shape index (κ2) is 4.64. The zero-order valence-corrected chi connectivity index (χ0v) is 8.46. The van der Waals surface area contributed by atoms with Crippen molar-refractivity contribution in [2.75, 3.05) is 0 Å². The molecular weight excluding hydrogens is 182 g/mol. The Morgan fingerprint density at radius 3 is 2.38 bits per heavy atom. The van der Waals surface area contributed by atoms with Crippen LogP contribution in [-0.2, 0) is 0 Å². The average Bonchev–Trinajstić information content (AvgIpc) is 2.90. The summed E-state index contributed by atoms with van der Waals surface area (Å²) in [5.74, 6) is 0.917. The molecule has 1 aliphatic carbocycles. The summed E-state index contributed by atoms with van der Waals surface area (Å²) >= 11 is 0. The van der Waals surface area contributed by atoms with Crippen molar-refractivity contribution in [3.63, 3.8) is 0 Å². The Morgan fingerprint density at radius 1 is 1.23 bits per heavy atom. The van der Waals surface area contributed by atoms with Crippen LogP contribution in [0.3, 0.4) is 0 Å². The molecule has 1 saturated carbocycles. The van der Waals surface area contributed by atoms with Gasteiger partial charge in [0.05, 0.1) is 0 Å². The van der Waals surface area contributed by atoms with Gasteiger partial charge in [-0.1, -0.05) is 43.2 Å². The largest absolute Gasteiger partial charge is 0.324 e. The molecule has 1 fully saturated rings. The minimum absolute atomic E-state index is 0. The number of halogens is 1. The Bertz CT molecular complexity index is 244. The normalized spacial score (nSPS) is 17.6. The van der Waals surface area contributed by atoms with Gasteiger partial charge in [-0.15, -0.1) is 12.4 Å². The lowest BCUT2D eigenvalue weighted by molar-refractivity contribution is 0.597. The maximum Gasteiger partial charge on any atom is 0.0297 e. The standard InChI is InChI=1S/C11H15N.ClH/c12-11(8-9-6-7-9)10-4-2-1-3-5-10;/h1-5,9,11H,6-8,12H2;1H. The van der Waals surface area contributed by atoms with Crippen LogP contribution in [0.4, 0.5) is 0 Å². The molecule has 0 spiro atoms. The first-order valence-electron chi connectivity index (χ1n) is 4.67. The monoisotopic (exact) mass is 197 g/mol. The molecule has 1 aromatic carbocycles. The summed E-state index contributed by atoms with van der Waals surface area (Å²) in [6.45, 7) is 0. The van der Waals surface area contributed by atoms with E-state index < -0.39 is 0 Å². The van der Waals surface area contributed by atoms with Gasteiger partial charge in [-0.05, 0) is 17.9 Å². The molecule has 13 heavy (non-hydrogen) atoms. The van der Waals surface area contributed by atoms with Gasteiger partial charge in [0, 0.05) is 6.04 Å². The third-order valence-corrected chi connectivity index (χ3v) is 2.51. The van der Waals surface area contributed by atoms with Crippen LogP contribution in [0.15, 0.2) is 30.3 Å². The zero-order chi connectivity index (χ0) is 8.39. The zero-order valence-electron chi connectivity index (χ0n) is 7.65. The van der Waals surface area contributed by atoms with E-state index in [0.29, 0.717) is 0 Å². The van der Waals surface area contributed by atoms with Crippen molar-refractivity contribution in [2.24, 2.45) is 11.7 Å². The van der Waals surface area contributed by atoms with Crippen LogP contribution in [0.1, 0.15) is 30.9 Å².